The fourth-order valence-corrected chi connectivity index (χ4v) is 2.74. The standard InChI is InChI=1S/C14H16F6N2O/c15-9-1-2-11(14(18,19)20)10(7-9)12(13(16,17)8-23)22-5-3-21-4-6-22/h1-2,7,12,21,23H,3-6,8H2/t12-/m0/s1. The molecule has 1 aliphatic heterocycles. The van der Waals surface area contributed by atoms with E-state index < -0.39 is 41.7 Å². The second kappa shape index (κ2) is 6.66. The molecule has 0 saturated carbocycles. The van der Waals surface area contributed by atoms with Gasteiger partial charge in [-0.2, -0.15) is 13.2 Å². The number of hydrogen-bond donors (Lipinski definition) is 2. The number of piperazine rings is 1. The van der Waals surface area contributed by atoms with Gasteiger partial charge in [-0.25, -0.2) is 13.2 Å². The monoisotopic (exact) mass is 342 g/mol. The van der Waals surface area contributed by atoms with Crippen LogP contribution in [0.5, 0.6) is 0 Å². The van der Waals surface area contributed by atoms with Crippen molar-refractivity contribution < 1.29 is 31.4 Å². The normalized spacial score (nSPS) is 18.9. The molecule has 0 unspecified atom stereocenters. The van der Waals surface area contributed by atoms with Gasteiger partial charge >= 0.3 is 6.18 Å². The van der Waals surface area contributed by atoms with E-state index in [1.165, 1.54) is 0 Å². The summed E-state index contributed by atoms with van der Waals surface area (Å²) in [4.78, 5) is 1.14. The molecule has 130 valence electrons. The van der Waals surface area contributed by atoms with Gasteiger partial charge in [-0.05, 0) is 23.8 Å². The lowest BCUT2D eigenvalue weighted by molar-refractivity contribution is -0.145. The molecule has 1 aromatic carbocycles. The maximum absolute atomic E-state index is 14.2. The third kappa shape index (κ3) is 3.96. The molecular formula is C14H16F6N2O. The van der Waals surface area contributed by atoms with Crippen LogP contribution in [-0.2, 0) is 6.18 Å². The van der Waals surface area contributed by atoms with E-state index in [-0.39, 0.29) is 13.1 Å². The van der Waals surface area contributed by atoms with E-state index in [4.69, 9.17) is 5.11 Å². The van der Waals surface area contributed by atoms with Crippen LogP contribution in [0.3, 0.4) is 0 Å². The largest absolute Gasteiger partial charge is 0.416 e. The Kier molecular flexibility index (Phi) is 5.22. The summed E-state index contributed by atoms with van der Waals surface area (Å²) < 4.78 is 81.2. The summed E-state index contributed by atoms with van der Waals surface area (Å²) >= 11 is 0. The first-order valence-corrected chi connectivity index (χ1v) is 6.97. The Hall–Kier alpha value is -1.32. The topological polar surface area (TPSA) is 35.5 Å². The molecule has 0 radical (unpaired) electrons. The first-order chi connectivity index (χ1) is 10.7. The van der Waals surface area contributed by atoms with Gasteiger partial charge in [0.25, 0.3) is 5.92 Å². The van der Waals surface area contributed by atoms with Crippen molar-refractivity contribution in [2.75, 3.05) is 32.8 Å². The fraction of sp³-hybridized carbons (Fsp3) is 0.571. The van der Waals surface area contributed by atoms with E-state index in [2.05, 4.69) is 5.32 Å². The molecule has 1 aliphatic rings. The number of rotatable bonds is 4. The Balaban J connectivity index is 2.57. The zero-order chi connectivity index (χ0) is 17.3. The van der Waals surface area contributed by atoms with Crippen LogP contribution >= 0.6 is 0 Å². The Labute approximate surface area is 128 Å². The lowest BCUT2D eigenvalue weighted by Gasteiger charge is -2.39. The van der Waals surface area contributed by atoms with Crippen LogP contribution < -0.4 is 5.32 Å². The second-order valence-corrected chi connectivity index (χ2v) is 5.34. The third-order valence-corrected chi connectivity index (χ3v) is 3.74. The van der Waals surface area contributed by atoms with Crippen molar-refractivity contribution in [2.24, 2.45) is 0 Å². The van der Waals surface area contributed by atoms with Crippen molar-refractivity contribution >= 4 is 0 Å². The predicted molar refractivity (Wildman–Crippen MR) is 70.6 cm³/mol. The lowest BCUT2D eigenvalue weighted by Crippen LogP contribution is -2.51. The second-order valence-electron chi connectivity index (χ2n) is 5.34. The number of benzene rings is 1. The Morgan fingerprint density at radius 3 is 2.26 bits per heavy atom. The minimum absolute atomic E-state index is 0.0636. The van der Waals surface area contributed by atoms with Gasteiger partial charge in [-0.3, -0.25) is 4.90 Å². The average molecular weight is 342 g/mol. The highest BCUT2D eigenvalue weighted by molar-refractivity contribution is 5.34. The van der Waals surface area contributed by atoms with Gasteiger partial charge in [0.1, 0.15) is 18.5 Å². The fourth-order valence-electron chi connectivity index (χ4n) is 2.74. The van der Waals surface area contributed by atoms with E-state index in [0.29, 0.717) is 31.3 Å². The van der Waals surface area contributed by atoms with E-state index in [1.54, 1.807) is 0 Å². The molecule has 1 fully saturated rings. The third-order valence-electron chi connectivity index (χ3n) is 3.74. The van der Waals surface area contributed by atoms with Crippen molar-refractivity contribution in [2.45, 2.75) is 18.1 Å². The molecule has 0 aliphatic carbocycles. The van der Waals surface area contributed by atoms with Crippen LogP contribution in [0, 0.1) is 5.82 Å². The van der Waals surface area contributed by atoms with Crippen LogP contribution in [0.2, 0.25) is 0 Å². The Morgan fingerprint density at radius 1 is 1.13 bits per heavy atom. The quantitative estimate of drug-likeness (QED) is 0.825. The molecular weight excluding hydrogens is 326 g/mol. The number of nitrogens with zero attached hydrogens (tertiary/aromatic N) is 1. The molecule has 2 N–H and O–H groups in total. The van der Waals surface area contributed by atoms with Gasteiger partial charge in [0.15, 0.2) is 0 Å². The van der Waals surface area contributed by atoms with Gasteiger partial charge in [-0.15, -0.1) is 0 Å². The summed E-state index contributed by atoms with van der Waals surface area (Å²) in [5, 5.41) is 11.9. The number of aliphatic hydroxyl groups excluding tert-OH is 1. The van der Waals surface area contributed by atoms with E-state index >= 15 is 0 Å². The molecule has 1 heterocycles. The van der Waals surface area contributed by atoms with Crippen LogP contribution in [0.15, 0.2) is 18.2 Å². The number of nitrogens with one attached hydrogen (secondary N) is 1. The minimum Gasteiger partial charge on any atom is -0.390 e. The summed E-state index contributed by atoms with van der Waals surface area (Å²) in [7, 11) is 0. The minimum atomic E-state index is -4.90. The van der Waals surface area contributed by atoms with Gasteiger partial charge in [-0.1, -0.05) is 0 Å². The average Bonchev–Trinajstić information content (AvgIpc) is 2.47. The molecule has 1 atom stereocenters. The molecule has 3 nitrogen and oxygen atoms in total. The first-order valence-electron chi connectivity index (χ1n) is 6.97. The molecule has 0 amide bonds. The zero-order valence-corrected chi connectivity index (χ0v) is 12.0. The van der Waals surface area contributed by atoms with Crippen molar-refractivity contribution in [3.63, 3.8) is 0 Å². The highest BCUT2D eigenvalue weighted by atomic mass is 19.4. The molecule has 0 bridgehead atoms. The van der Waals surface area contributed by atoms with Gasteiger partial charge < -0.3 is 10.4 Å². The highest BCUT2D eigenvalue weighted by Gasteiger charge is 2.48. The number of hydrogen-bond acceptors (Lipinski definition) is 3. The summed E-state index contributed by atoms with van der Waals surface area (Å²) in [5.41, 5.74) is -2.19. The summed E-state index contributed by atoms with van der Waals surface area (Å²) in [6.07, 6.45) is -4.90. The molecule has 1 aromatic rings. The number of halogens is 6. The first kappa shape index (κ1) is 18.0. The molecule has 0 spiro atoms. The highest BCUT2D eigenvalue weighted by Crippen LogP contribution is 2.43. The maximum Gasteiger partial charge on any atom is 0.416 e. The summed E-state index contributed by atoms with van der Waals surface area (Å²) in [5.74, 6) is -4.88. The van der Waals surface area contributed by atoms with Gasteiger partial charge in [0.2, 0.25) is 0 Å². The molecule has 1 saturated heterocycles. The summed E-state index contributed by atoms with van der Waals surface area (Å²) in [6, 6.07) is -0.549. The van der Waals surface area contributed by atoms with E-state index in [0.717, 1.165) is 4.90 Å². The molecule has 9 heteroatoms. The van der Waals surface area contributed by atoms with Crippen molar-refractivity contribution in [3.05, 3.63) is 35.1 Å². The molecule has 23 heavy (non-hydrogen) atoms. The zero-order valence-electron chi connectivity index (χ0n) is 12.0. The number of alkyl halides is 5. The lowest BCUT2D eigenvalue weighted by atomic mass is 9.93. The van der Waals surface area contributed by atoms with Crippen LogP contribution in [0.25, 0.3) is 0 Å². The van der Waals surface area contributed by atoms with Gasteiger partial charge in [0, 0.05) is 26.2 Å². The Bertz CT molecular complexity index is 543. The number of aliphatic hydroxyl groups is 1. The predicted octanol–water partition coefficient (Wildman–Crippen LogP) is 2.42. The van der Waals surface area contributed by atoms with Crippen molar-refractivity contribution in [1.82, 2.24) is 10.2 Å². The van der Waals surface area contributed by atoms with Crippen molar-refractivity contribution in [1.29, 1.82) is 0 Å². The van der Waals surface area contributed by atoms with E-state index in [1.807, 2.05) is 0 Å². The SMILES string of the molecule is OCC(F)(F)[C@H](c1cc(F)ccc1C(F)(F)F)N1CCNCC1. The summed E-state index contributed by atoms with van der Waals surface area (Å²) in [6.45, 7) is -0.874. The van der Waals surface area contributed by atoms with Gasteiger partial charge in [0.05, 0.1) is 5.56 Å². The van der Waals surface area contributed by atoms with E-state index in [9.17, 15) is 26.3 Å². The molecule has 0 aromatic heterocycles. The smallest absolute Gasteiger partial charge is 0.390 e. The molecule has 2 rings (SSSR count). The van der Waals surface area contributed by atoms with Crippen LogP contribution in [0.4, 0.5) is 26.3 Å². The van der Waals surface area contributed by atoms with Crippen molar-refractivity contribution in [3.8, 4) is 0 Å². The maximum atomic E-state index is 14.2. The Morgan fingerprint density at radius 2 is 1.74 bits per heavy atom. The van der Waals surface area contributed by atoms with Crippen LogP contribution in [-0.4, -0.2) is 48.7 Å². The van der Waals surface area contributed by atoms with Crippen LogP contribution in [0.1, 0.15) is 17.2 Å².